The standard InChI is InChI=1S/C21H24F3N3O4/c1-12-16(18(28)29)17(14-10-6-7-11-15(14)21(22,23)24)27(19(30)25-12)20(31)26(2)13-8-4-3-5-9-13/h6-7,10-11,13,16-17H,3-5,8-9H2,1-2H3,(H,28,29). The second kappa shape index (κ2) is 8.68. The number of rotatable bonds is 3. The van der Waals surface area contributed by atoms with Crippen LogP contribution in [0.25, 0.3) is 0 Å². The number of aliphatic imine (C=N–C) groups is 1. The highest BCUT2D eigenvalue weighted by Gasteiger charge is 2.49. The van der Waals surface area contributed by atoms with Crippen LogP contribution in [-0.2, 0) is 11.0 Å². The monoisotopic (exact) mass is 439 g/mol. The van der Waals surface area contributed by atoms with Gasteiger partial charge in [-0.1, -0.05) is 37.5 Å². The number of nitrogens with zero attached hydrogens (tertiary/aromatic N) is 3. The van der Waals surface area contributed by atoms with Gasteiger partial charge in [0.2, 0.25) is 0 Å². The predicted molar refractivity (Wildman–Crippen MR) is 106 cm³/mol. The van der Waals surface area contributed by atoms with E-state index in [1.165, 1.54) is 31.0 Å². The van der Waals surface area contributed by atoms with Crippen molar-refractivity contribution in [2.45, 2.75) is 57.3 Å². The summed E-state index contributed by atoms with van der Waals surface area (Å²) in [6, 6.07) is 0.660. The van der Waals surface area contributed by atoms with E-state index in [2.05, 4.69) is 4.99 Å². The van der Waals surface area contributed by atoms with Gasteiger partial charge in [0.05, 0.1) is 11.6 Å². The van der Waals surface area contributed by atoms with Crippen molar-refractivity contribution < 1.29 is 32.7 Å². The summed E-state index contributed by atoms with van der Waals surface area (Å²) in [6.45, 7) is 1.27. The van der Waals surface area contributed by atoms with Crippen LogP contribution in [-0.4, -0.2) is 51.7 Å². The lowest BCUT2D eigenvalue weighted by Crippen LogP contribution is -2.55. The van der Waals surface area contributed by atoms with E-state index < -0.39 is 47.3 Å². The van der Waals surface area contributed by atoms with Gasteiger partial charge in [0.25, 0.3) is 0 Å². The molecule has 1 heterocycles. The zero-order valence-corrected chi connectivity index (χ0v) is 17.2. The van der Waals surface area contributed by atoms with Crippen molar-refractivity contribution in [1.29, 1.82) is 0 Å². The highest BCUT2D eigenvalue weighted by molar-refractivity contribution is 6.11. The Labute approximate surface area is 177 Å². The first-order chi connectivity index (χ1) is 14.5. The third kappa shape index (κ3) is 4.42. The number of halogens is 3. The van der Waals surface area contributed by atoms with Gasteiger partial charge in [-0.25, -0.2) is 19.5 Å². The molecule has 2 unspecified atom stereocenters. The number of carboxylic acids is 1. The van der Waals surface area contributed by atoms with Crippen molar-refractivity contribution in [3.8, 4) is 0 Å². The van der Waals surface area contributed by atoms with Gasteiger partial charge in [-0.05, 0) is 31.4 Å². The minimum atomic E-state index is -4.80. The molecule has 31 heavy (non-hydrogen) atoms. The Morgan fingerprint density at radius 1 is 1.16 bits per heavy atom. The van der Waals surface area contributed by atoms with Gasteiger partial charge in [0.15, 0.2) is 0 Å². The first-order valence-electron chi connectivity index (χ1n) is 10.1. The summed E-state index contributed by atoms with van der Waals surface area (Å²) in [5.41, 5.74) is -1.69. The molecule has 1 aromatic carbocycles. The van der Waals surface area contributed by atoms with Gasteiger partial charge in [0, 0.05) is 18.8 Å². The molecule has 168 valence electrons. The third-order valence-electron chi connectivity index (χ3n) is 6.00. The summed E-state index contributed by atoms with van der Waals surface area (Å²) in [7, 11) is 1.49. The number of carbonyl (C=O) groups excluding carboxylic acids is 2. The number of alkyl halides is 3. The quantitative estimate of drug-likeness (QED) is 0.737. The van der Waals surface area contributed by atoms with E-state index in [9.17, 15) is 32.7 Å². The minimum Gasteiger partial charge on any atom is -0.481 e. The summed E-state index contributed by atoms with van der Waals surface area (Å²) in [5, 5.41) is 9.78. The first-order valence-corrected chi connectivity index (χ1v) is 10.1. The molecule has 1 saturated carbocycles. The van der Waals surface area contributed by atoms with E-state index in [-0.39, 0.29) is 11.8 Å². The van der Waals surface area contributed by atoms with E-state index in [1.807, 2.05) is 0 Å². The fourth-order valence-electron chi connectivity index (χ4n) is 4.41. The van der Waals surface area contributed by atoms with Crippen LogP contribution in [0, 0.1) is 5.92 Å². The minimum absolute atomic E-state index is 0.149. The van der Waals surface area contributed by atoms with Crippen LogP contribution >= 0.6 is 0 Å². The maximum atomic E-state index is 13.7. The normalized spacial score (nSPS) is 22.8. The average molecular weight is 439 g/mol. The molecule has 0 aromatic heterocycles. The van der Waals surface area contributed by atoms with Crippen molar-refractivity contribution in [2.24, 2.45) is 10.9 Å². The molecular formula is C21H24F3N3O4. The Kier molecular flexibility index (Phi) is 6.38. The summed E-state index contributed by atoms with van der Waals surface area (Å²) in [5.74, 6) is -3.06. The molecular weight excluding hydrogens is 415 g/mol. The van der Waals surface area contributed by atoms with Crippen molar-refractivity contribution >= 4 is 23.7 Å². The van der Waals surface area contributed by atoms with Gasteiger partial charge < -0.3 is 10.0 Å². The molecule has 4 amide bonds. The molecule has 1 N–H and O–H groups in total. The molecule has 0 spiro atoms. The molecule has 3 rings (SSSR count). The van der Waals surface area contributed by atoms with Crippen molar-refractivity contribution in [3.63, 3.8) is 0 Å². The summed E-state index contributed by atoms with van der Waals surface area (Å²) < 4.78 is 41.2. The number of imide groups is 1. The van der Waals surface area contributed by atoms with Crippen molar-refractivity contribution in [2.75, 3.05) is 7.05 Å². The number of amides is 4. The molecule has 2 atom stereocenters. The number of aliphatic carboxylic acids is 1. The lowest BCUT2D eigenvalue weighted by Gasteiger charge is -2.41. The molecule has 0 bridgehead atoms. The SMILES string of the molecule is CC1=NC(=O)N(C(=O)N(C)C2CCCCC2)C(c2ccccc2C(F)(F)F)C1C(=O)O. The van der Waals surface area contributed by atoms with E-state index in [0.717, 1.165) is 31.4 Å². The van der Waals surface area contributed by atoms with Crippen LogP contribution in [0.4, 0.5) is 22.8 Å². The average Bonchev–Trinajstić information content (AvgIpc) is 2.72. The second-order valence-corrected chi connectivity index (χ2v) is 7.94. The molecule has 10 heteroatoms. The fourth-order valence-corrected chi connectivity index (χ4v) is 4.41. The van der Waals surface area contributed by atoms with Crippen molar-refractivity contribution in [1.82, 2.24) is 9.80 Å². The lowest BCUT2D eigenvalue weighted by atomic mass is 9.84. The third-order valence-corrected chi connectivity index (χ3v) is 6.00. The van der Waals surface area contributed by atoms with Crippen molar-refractivity contribution in [3.05, 3.63) is 35.4 Å². The van der Waals surface area contributed by atoms with E-state index in [4.69, 9.17) is 0 Å². The summed E-state index contributed by atoms with van der Waals surface area (Å²) in [4.78, 5) is 43.7. The first kappa shape index (κ1) is 22.8. The van der Waals surface area contributed by atoms with Crippen LogP contribution in [0.15, 0.2) is 29.3 Å². The number of hydrogen-bond acceptors (Lipinski definition) is 3. The lowest BCUT2D eigenvalue weighted by molar-refractivity contribution is -0.143. The Hall–Kier alpha value is -2.91. The number of carbonyl (C=O) groups is 3. The fraction of sp³-hybridized carbons (Fsp3) is 0.524. The van der Waals surface area contributed by atoms with Gasteiger partial charge in [-0.3, -0.25) is 4.79 Å². The largest absolute Gasteiger partial charge is 0.481 e. The number of hydrogen-bond donors (Lipinski definition) is 1. The van der Waals surface area contributed by atoms with Gasteiger partial charge in [0.1, 0.15) is 5.92 Å². The van der Waals surface area contributed by atoms with E-state index in [0.29, 0.717) is 17.7 Å². The van der Waals surface area contributed by atoms with Crippen LogP contribution in [0.3, 0.4) is 0 Å². The van der Waals surface area contributed by atoms with E-state index >= 15 is 0 Å². The molecule has 1 fully saturated rings. The maximum absolute atomic E-state index is 13.7. The highest BCUT2D eigenvalue weighted by Crippen LogP contribution is 2.42. The van der Waals surface area contributed by atoms with Gasteiger partial charge in [-0.2, -0.15) is 13.2 Å². The molecule has 0 radical (unpaired) electrons. The molecule has 1 aliphatic carbocycles. The Morgan fingerprint density at radius 2 is 1.77 bits per heavy atom. The zero-order chi connectivity index (χ0) is 22.9. The van der Waals surface area contributed by atoms with Gasteiger partial charge >= 0.3 is 24.2 Å². The topological polar surface area (TPSA) is 90.3 Å². The second-order valence-electron chi connectivity index (χ2n) is 7.94. The number of urea groups is 2. The zero-order valence-electron chi connectivity index (χ0n) is 17.2. The molecule has 1 aromatic rings. The van der Waals surface area contributed by atoms with Crippen LogP contribution in [0.1, 0.15) is 56.2 Å². The predicted octanol–water partition coefficient (Wildman–Crippen LogP) is 4.73. The van der Waals surface area contributed by atoms with E-state index in [1.54, 1.807) is 0 Å². The van der Waals surface area contributed by atoms with Crippen LogP contribution < -0.4 is 0 Å². The summed E-state index contributed by atoms with van der Waals surface area (Å²) >= 11 is 0. The Morgan fingerprint density at radius 3 is 2.35 bits per heavy atom. The molecule has 2 aliphatic rings. The Balaban J connectivity index is 2.13. The summed E-state index contributed by atoms with van der Waals surface area (Å²) in [6.07, 6.45) is -0.572. The molecule has 7 nitrogen and oxygen atoms in total. The Bertz CT molecular complexity index is 909. The molecule has 1 aliphatic heterocycles. The highest BCUT2D eigenvalue weighted by atomic mass is 19.4. The number of carboxylic acid groups (broad SMARTS) is 1. The maximum Gasteiger partial charge on any atom is 0.416 e. The number of benzene rings is 1. The smallest absolute Gasteiger partial charge is 0.416 e. The van der Waals surface area contributed by atoms with Gasteiger partial charge in [-0.15, -0.1) is 0 Å². The van der Waals surface area contributed by atoms with Crippen LogP contribution in [0.2, 0.25) is 0 Å². The molecule has 0 saturated heterocycles. The van der Waals surface area contributed by atoms with Crippen LogP contribution in [0.5, 0.6) is 0 Å².